The summed E-state index contributed by atoms with van der Waals surface area (Å²) in [4.78, 5) is 4.34. The van der Waals surface area contributed by atoms with Gasteiger partial charge in [0, 0.05) is 17.1 Å². The number of hydrogen-bond acceptors (Lipinski definition) is 4. The van der Waals surface area contributed by atoms with Crippen LogP contribution in [0.2, 0.25) is 0 Å². The van der Waals surface area contributed by atoms with Gasteiger partial charge >= 0.3 is 7.60 Å². The number of para-hydroxylation sites is 1. The van der Waals surface area contributed by atoms with Gasteiger partial charge in [0.25, 0.3) is 0 Å². The van der Waals surface area contributed by atoms with E-state index in [-0.39, 0.29) is 0 Å². The van der Waals surface area contributed by atoms with E-state index < -0.39 is 7.60 Å². The van der Waals surface area contributed by atoms with Crippen molar-refractivity contribution in [1.29, 1.82) is 0 Å². The molecule has 0 aliphatic carbocycles. The van der Waals surface area contributed by atoms with Crippen LogP contribution in [0.4, 0.5) is 0 Å². The van der Waals surface area contributed by atoms with Crippen molar-refractivity contribution in [1.82, 2.24) is 4.98 Å². The Labute approximate surface area is 119 Å². The summed E-state index contributed by atoms with van der Waals surface area (Å²) in [6.07, 6.45) is 1.65. The van der Waals surface area contributed by atoms with Gasteiger partial charge < -0.3 is 9.05 Å². The van der Waals surface area contributed by atoms with Gasteiger partial charge in [0.1, 0.15) is 0 Å². The van der Waals surface area contributed by atoms with Gasteiger partial charge in [-0.15, -0.1) is 0 Å². The lowest BCUT2D eigenvalue weighted by molar-refractivity contribution is 0.230. The minimum Gasteiger partial charge on any atom is -0.305 e. The normalized spacial score (nSPS) is 11.7. The Bertz CT molecular complexity index is 659. The maximum atomic E-state index is 12.7. The molecule has 2 rings (SSSR count). The third-order valence-electron chi connectivity index (χ3n) is 2.85. The zero-order valence-corrected chi connectivity index (χ0v) is 12.6. The fraction of sp³-hybridized carbons (Fsp3) is 0.267. The van der Waals surface area contributed by atoms with E-state index in [1.165, 1.54) is 0 Å². The molecular weight excluding hydrogens is 273 g/mol. The molecule has 0 saturated heterocycles. The molecule has 0 unspecified atom stereocenters. The van der Waals surface area contributed by atoms with Crippen LogP contribution in [-0.2, 0) is 13.6 Å². The second kappa shape index (κ2) is 6.31. The van der Waals surface area contributed by atoms with Gasteiger partial charge in [0.15, 0.2) is 0 Å². The first-order valence-electron chi connectivity index (χ1n) is 6.54. The van der Waals surface area contributed by atoms with E-state index in [2.05, 4.69) is 11.6 Å². The molecule has 0 amide bonds. The number of rotatable bonds is 6. The number of nitrogens with zero attached hydrogens (tertiary/aromatic N) is 1. The van der Waals surface area contributed by atoms with E-state index >= 15 is 0 Å². The number of fused-ring (bicyclic) bond motifs is 1. The van der Waals surface area contributed by atoms with Crippen LogP contribution < -0.4 is 0 Å². The fourth-order valence-electron chi connectivity index (χ4n) is 1.92. The first-order valence-corrected chi connectivity index (χ1v) is 8.08. The molecule has 5 heteroatoms. The van der Waals surface area contributed by atoms with Gasteiger partial charge in [0.2, 0.25) is 0 Å². The van der Waals surface area contributed by atoms with Gasteiger partial charge in [-0.3, -0.25) is 9.55 Å². The fourth-order valence-corrected chi connectivity index (χ4v) is 3.42. The van der Waals surface area contributed by atoms with Crippen molar-refractivity contribution in [3.63, 3.8) is 0 Å². The molecule has 0 aliphatic heterocycles. The minimum absolute atomic E-state index is 0.303. The van der Waals surface area contributed by atoms with Gasteiger partial charge in [-0.2, -0.15) is 0 Å². The van der Waals surface area contributed by atoms with E-state index in [0.29, 0.717) is 24.1 Å². The summed E-state index contributed by atoms with van der Waals surface area (Å²) >= 11 is 0. The Morgan fingerprint density at radius 1 is 1.25 bits per heavy atom. The first-order chi connectivity index (χ1) is 9.60. The van der Waals surface area contributed by atoms with Crippen molar-refractivity contribution >= 4 is 23.8 Å². The second-order valence-corrected chi connectivity index (χ2v) is 6.25. The van der Waals surface area contributed by atoms with E-state index in [4.69, 9.17) is 9.05 Å². The minimum atomic E-state index is -3.34. The van der Waals surface area contributed by atoms with Crippen molar-refractivity contribution in [2.75, 3.05) is 13.2 Å². The highest BCUT2D eigenvalue weighted by Crippen LogP contribution is 2.59. The van der Waals surface area contributed by atoms with Crippen molar-refractivity contribution in [3.8, 4) is 0 Å². The maximum Gasteiger partial charge on any atom is 0.361 e. The molecule has 0 saturated carbocycles. The highest BCUT2D eigenvalue weighted by Gasteiger charge is 2.29. The first kappa shape index (κ1) is 14.9. The molecule has 1 aromatic carbocycles. The van der Waals surface area contributed by atoms with Gasteiger partial charge in [-0.1, -0.05) is 24.8 Å². The summed E-state index contributed by atoms with van der Waals surface area (Å²) in [5, 5.41) is 1.31. The monoisotopic (exact) mass is 291 g/mol. The summed E-state index contributed by atoms with van der Waals surface area (Å²) in [5.74, 6) is 0. The number of hydrogen-bond donors (Lipinski definition) is 0. The molecule has 0 fully saturated rings. The average molecular weight is 291 g/mol. The van der Waals surface area contributed by atoms with Gasteiger partial charge in [-0.05, 0) is 26.0 Å². The Kier molecular flexibility index (Phi) is 4.71. The third kappa shape index (κ3) is 2.98. The Balaban J connectivity index is 2.41. The van der Waals surface area contributed by atoms with Crippen LogP contribution >= 0.6 is 7.60 Å². The van der Waals surface area contributed by atoms with Crippen LogP contribution in [0, 0.1) is 0 Å². The number of benzene rings is 1. The Morgan fingerprint density at radius 2 is 1.90 bits per heavy atom. The van der Waals surface area contributed by atoms with Crippen LogP contribution in [0.3, 0.4) is 0 Å². The molecule has 0 spiro atoms. The van der Waals surface area contributed by atoms with Gasteiger partial charge in [0.05, 0.1) is 24.0 Å². The van der Waals surface area contributed by atoms with Gasteiger partial charge in [-0.25, -0.2) is 0 Å². The van der Waals surface area contributed by atoms with E-state index in [9.17, 15) is 4.57 Å². The standard InChI is InChI=1S/C15H18NO3P/c1-4-18-20(17,19-5-2)12(3)14-10-13-8-6-7-9-15(13)16-11-14/h6-11H,3-5H2,1-2H3. The Hall–Kier alpha value is -1.48. The number of pyridine rings is 1. The highest BCUT2D eigenvalue weighted by molar-refractivity contribution is 7.65. The highest BCUT2D eigenvalue weighted by atomic mass is 31.2. The van der Waals surface area contributed by atoms with E-state index in [0.717, 1.165) is 10.9 Å². The van der Waals surface area contributed by atoms with E-state index in [1.54, 1.807) is 20.0 Å². The summed E-state index contributed by atoms with van der Waals surface area (Å²) in [6.45, 7) is 8.04. The summed E-state index contributed by atoms with van der Waals surface area (Å²) in [7, 11) is -3.34. The quantitative estimate of drug-likeness (QED) is 0.737. The third-order valence-corrected chi connectivity index (χ3v) is 4.97. The zero-order chi connectivity index (χ0) is 14.6. The molecule has 4 nitrogen and oxygen atoms in total. The lowest BCUT2D eigenvalue weighted by Crippen LogP contribution is -1.98. The van der Waals surface area contributed by atoms with Crippen LogP contribution in [0.5, 0.6) is 0 Å². The molecule has 1 aromatic heterocycles. The molecule has 106 valence electrons. The predicted molar refractivity (Wildman–Crippen MR) is 81.6 cm³/mol. The zero-order valence-electron chi connectivity index (χ0n) is 11.7. The molecule has 20 heavy (non-hydrogen) atoms. The molecule has 1 heterocycles. The predicted octanol–water partition coefficient (Wildman–Crippen LogP) is 4.47. The Morgan fingerprint density at radius 3 is 2.55 bits per heavy atom. The average Bonchev–Trinajstić information content (AvgIpc) is 2.46. The lowest BCUT2D eigenvalue weighted by Gasteiger charge is -2.19. The largest absolute Gasteiger partial charge is 0.361 e. The van der Waals surface area contributed by atoms with Crippen LogP contribution in [0.15, 0.2) is 43.1 Å². The summed E-state index contributed by atoms with van der Waals surface area (Å²) in [6, 6.07) is 9.63. The van der Waals surface area contributed by atoms with Crippen molar-refractivity contribution in [2.45, 2.75) is 13.8 Å². The topological polar surface area (TPSA) is 48.4 Å². The molecule has 0 aliphatic rings. The second-order valence-electron chi connectivity index (χ2n) is 4.20. The van der Waals surface area contributed by atoms with Crippen LogP contribution in [-0.4, -0.2) is 18.2 Å². The van der Waals surface area contributed by atoms with Crippen molar-refractivity contribution in [2.24, 2.45) is 0 Å². The maximum absolute atomic E-state index is 12.7. The SMILES string of the molecule is C=C(c1cnc2ccccc2c1)P(=O)(OCC)OCC. The molecule has 0 atom stereocenters. The van der Waals surface area contributed by atoms with Crippen molar-refractivity contribution < 1.29 is 13.6 Å². The molecular formula is C15H18NO3P. The van der Waals surface area contributed by atoms with Crippen LogP contribution in [0.25, 0.3) is 16.2 Å². The molecule has 0 radical (unpaired) electrons. The number of aromatic nitrogens is 1. The summed E-state index contributed by atoms with van der Waals surface area (Å²) in [5.41, 5.74) is 1.56. The summed E-state index contributed by atoms with van der Waals surface area (Å²) < 4.78 is 23.3. The lowest BCUT2D eigenvalue weighted by atomic mass is 10.1. The molecule has 0 N–H and O–H groups in total. The van der Waals surface area contributed by atoms with Crippen molar-refractivity contribution in [3.05, 3.63) is 48.7 Å². The van der Waals surface area contributed by atoms with E-state index in [1.807, 2.05) is 30.3 Å². The van der Waals surface area contributed by atoms with Crippen LogP contribution in [0.1, 0.15) is 19.4 Å². The smallest absolute Gasteiger partial charge is 0.305 e. The molecule has 0 bridgehead atoms. The molecule has 2 aromatic rings.